The lowest BCUT2D eigenvalue weighted by Gasteiger charge is -2.21. The summed E-state index contributed by atoms with van der Waals surface area (Å²) in [6, 6.07) is 8.79. The molecule has 0 saturated heterocycles. The average Bonchev–Trinajstić information content (AvgIpc) is 2.47. The number of fused-ring (bicyclic) bond motifs is 1. The third kappa shape index (κ3) is 3.20. The summed E-state index contributed by atoms with van der Waals surface area (Å²) >= 11 is 6.04. The molecule has 0 amide bonds. The van der Waals surface area contributed by atoms with E-state index in [0.29, 0.717) is 5.52 Å². The summed E-state index contributed by atoms with van der Waals surface area (Å²) in [4.78, 5) is 4.09. The van der Waals surface area contributed by atoms with Gasteiger partial charge in [-0.05, 0) is 25.0 Å². The van der Waals surface area contributed by atoms with Crippen LogP contribution in [-0.4, -0.2) is 19.5 Å². The van der Waals surface area contributed by atoms with Crippen LogP contribution in [0.4, 0.5) is 0 Å². The van der Waals surface area contributed by atoms with Gasteiger partial charge >= 0.3 is 0 Å². The van der Waals surface area contributed by atoms with Crippen molar-refractivity contribution in [1.29, 1.82) is 0 Å². The monoisotopic (exact) mass is 325 g/mol. The van der Waals surface area contributed by atoms with Crippen LogP contribution in [0, 0.1) is 0 Å². The first-order valence-electron chi connectivity index (χ1n) is 7.05. The van der Waals surface area contributed by atoms with Crippen molar-refractivity contribution in [2.75, 3.05) is 0 Å². The number of pyridine rings is 1. The van der Waals surface area contributed by atoms with Crippen molar-refractivity contribution in [3.8, 4) is 0 Å². The quantitative estimate of drug-likeness (QED) is 0.634. The summed E-state index contributed by atoms with van der Waals surface area (Å²) in [5.41, 5.74) is 0.666. The number of benzene rings is 1. The smallest absolute Gasteiger partial charge is 0.263 e. The second-order valence-corrected chi connectivity index (χ2v) is 7.18. The number of para-hydroxylation sites is 1. The fraction of sp³-hybridized carbons (Fsp3) is 0.400. The van der Waals surface area contributed by atoms with Crippen LogP contribution in [0.2, 0.25) is 5.15 Å². The number of rotatable bonds is 3. The number of nitrogens with zero attached hydrogens (tertiary/aromatic N) is 1. The summed E-state index contributed by atoms with van der Waals surface area (Å²) in [6.45, 7) is 0. The summed E-state index contributed by atoms with van der Waals surface area (Å²) in [7, 11) is -3.88. The van der Waals surface area contributed by atoms with Gasteiger partial charge in [0.05, 0.1) is 11.6 Å². The first kappa shape index (κ1) is 14.8. The molecule has 1 saturated carbocycles. The van der Waals surface area contributed by atoms with E-state index in [4.69, 9.17) is 15.8 Å². The van der Waals surface area contributed by atoms with Gasteiger partial charge in [0, 0.05) is 5.39 Å². The largest absolute Gasteiger partial charge is 0.300 e. The predicted molar refractivity (Wildman–Crippen MR) is 81.9 cm³/mol. The van der Waals surface area contributed by atoms with Crippen molar-refractivity contribution in [1.82, 2.24) is 4.98 Å². The molecular weight excluding hydrogens is 310 g/mol. The van der Waals surface area contributed by atoms with Gasteiger partial charge in [-0.1, -0.05) is 49.1 Å². The Morgan fingerprint density at radius 3 is 2.62 bits per heavy atom. The normalized spacial score (nSPS) is 17.2. The van der Waals surface area contributed by atoms with Crippen LogP contribution in [0.3, 0.4) is 0 Å². The van der Waals surface area contributed by atoms with Crippen LogP contribution in [0.25, 0.3) is 10.9 Å². The van der Waals surface area contributed by atoms with Crippen LogP contribution in [0.5, 0.6) is 0 Å². The predicted octanol–water partition coefficient (Wildman–Crippen LogP) is 3.93. The minimum atomic E-state index is -3.88. The van der Waals surface area contributed by atoms with E-state index in [1.807, 2.05) is 12.1 Å². The maximum Gasteiger partial charge on any atom is 0.300 e. The SMILES string of the molecule is O=S(=O)(OC1CCCCC1)c1cc2ccccc2nc1Cl. The molecule has 0 atom stereocenters. The minimum absolute atomic E-state index is 0.0375. The highest BCUT2D eigenvalue weighted by Gasteiger charge is 2.26. The molecule has 1 aromatic heterocycles. The summed E-state index contributed by atoms with van der Waals surface area (Å²) < 4.78 is 30.2. The molecule has 21 heavy (non-hydrogen) atoms. The Morgan fingerprint density at radius 1 is 1.14 bits per heavy atom. The maximum atomic E-state index is 12.4. The van der Waals surface area contributed by atoms with Crippen LogP contribution in [0.15, 0.2) is 35.2 Å². The van der Waals surface area contributed by atoms with Crippen molar-refractivity contribution >= 4 is 32.6 Å². The fourth-order valence-electron chi connectivity index (χ4n) is 2.64. The lowest BCUT2D eigenvalue weighted by atomic mass is 9.98. The molecule has 1 aliphatic carbocycles. The van der Waals surface area contributed by atoms with Gasteiger partial charge in [-0.2, -0.15) is 8.42 Å². The van der Waals surface area contributed by atoms with E-state index in [1.165, 1.54) is 6.07 Å². The molecule has 4 nitrogen and oxygen atoms in total. The van der Waals surface area contributed by atoms with Crippen LogP contribution in [-0.2, 0) is 14.3 Å². The van der Waals surface area contributed by atoms with E-state index in [2.05, 4.69) is 4.98 Å². The lowest BCUT2D eigenvalue weighted by Crippen LogP contribution is -2.21. The van der Waals surface area contributed by atoms with Gasteiger partial charge < -0.3 is 0 Å². The van der Waals surface area contributed by atoms with Gasteiger partial charge in [-0.15, -0.1) is 0 Å². The second-order valence-electron chi connectivity index (χ2n) is 5.28. The first-order valence-corrected chi connectivity index (χ1v) is 8.83. The molecule has 0 bridgehead atoms. The molecule has 1 aromatic carbocycles. The van der Waals surface area contributed by atoms with Crippen molar-refractivity contribution in [3.63, 3.8) is 0 Å². The summed E-state index contributed by atoms with van der Waals surface area (Å²) in [5, 5.41) is 0.692. The minimum Gasteiger partial charge on any atom is -0.263 e. The second kappa shape index (κ2) is 5.91. The Kier molecular flexibility index (Phi) is 4.15. The molecule has 1 fully saturated rings. The van der Waals surface area contributed by atoms with E-state index >= 15 is 0 Å². The highest BCUT2D eigenvalue weighted by molar-refractivity contribution is 7.87. The van der Waals surface area contributed by atoms with Crippen LogP contribution < -0.4 is 0 Å². The van der Waals surface area contributed by atoms with E-state index in [-0.39, 0.29) is 16.2 Å². The topological polar surface area (TPSA) is 56.3 Å². The number of halogens is 1. The molecular formula is C15H16ClNO3S. The van der Waals surface area contributed by atoms with E-state index in [0.717, 1.165) is 37.5 Å². The molecule has 0 radical (unpaired) electrons. The zero-order chi connectivity index (χ0) is 14.9. The van der Waals surface area contributed by atoms with Gasteiger partial charge in [0.1, 0.15) is 4.90 Å². The standard InChI is InChI=1S/C15H16ClNO3S/c16-15-14(10-11-6-4-5-9-13(11)17-15)21(18,19)20-12-7-2-1-3-8-12/h4-6,9-10,12H,1-3,7-8H2. The number of hydrogen-bond donors (Lipinski definition) is 0. The highest BCUT2D eigenvalue weighted by atomic mass is 35.5. The average molecular weight is 326 g/mol. The molecule has 112 valence electrons. The van der Waals surface area contributed by atoms with Gasteiger partial charge in [0.2, 0.25) is 0 Å². The molecule has 3 rings (SSSR count). The molecule has 1 aliphatic rings. The van der Waals surface area contributed by atoms with E-state index < -0.39 is 10.1 Å². The highest BCUT2D eigenvalue weighted by Crippen LogP contribution is 2.29. The van der Waals surface area contributed by atoms with Gasteiger partial charge in [-0.3, -0.25) is 4.18 Å². The van der Waals surface area contributed by atoms with Crippen LogP contribution >= 0.6 is 11.6 Å². The van der Waals surface area contributed by atoms with Crippen molar-refractivity contribution in [2.24, 2.45) is 0 Å². The molecule has 2 aromatic rings. The zero-order valence-corrected chi connectivity index (χ0v) is 13.0. The third-order valence-corrected chi connectivity index (χ3v) is 5.51. The molecule has 6 heteroatoms. The Bertz CT molecular complexity index is 755. The molecule has 0 unspecified atom stereocenters. The van der Waals surface area contributed by atoms with E-state index in [1.54, 1.807) is 12.1 Å². The lowest BCUT2D eigenvalue weighted by molar-refractivity contribution is 0.162. The Labute approximate surface area is 129 Å². The molecule has 0 aliphatic heterocycles. The van der Waals surface area contributed by atoms with Crippen molar-refractivity contribution in [3.05, 3.63) is 35.5 Å². The number of hydrogen-bond acceptors (Lipinski definition) is 4. The summed E-state index contributed by atoms with van der Waals surface area (Å²) in [5.74, 6) is 0. The van der Waals surface area contributed by atoms with Gasteiger partial charge in [0.25, 0.3) is 10.1 Å². The molecule has 0 spiro atoms. The molecule has 0 N–H and O–H groups in total. The van der Waals surface area contributed by atoms with Crippen molar-refractivity contribution < 1.29 is 12.6 Å². The van der Waals surface area contributed by atoms with Crippen LogP contribution in [0.1, 0.15) is 32.1 Å². The Hall–Kier alpha value is -1.17. The van der Waals surface area contributed by atoms with E-state index in [9.17, 15) is 8.42 Å². The first-order chi connectivity index (χ1) is 10.1. The van der Waals surface area contributed by atoms with Crippen molar-refractivity contribution in [2.45, 2.75) is 43.1 Å². The summed E-state index contributed by atoms with van der Waals surface area (Å²) in [6.07, 6.45) is 4.45. The third-order valence-electron chi connectivity index (χ3n) is 3.73. The fourth-order valence-corrected chi connectivity index (χ4v) is 4.25. The molecule has 1 heterocycles. The zero-order valence-electron chi connectivity index (χ0n) is 11.5. The maximum absolute atomic E-state index is 12.4. The van der Waals surface area contributed by atoms with Gasteiger partial charge in [0.15, 0.2) is 5.15 Å². The Balaban J connectivity index is 1.95. The van der Waals surface area contributed by atoms with Gasteiger partial charge in [-0.25, -0.2) is 4.98 Å². The number of aromatic nitrogens is 1. The Morgan fingerprint density at radius 2 is 1.86 bits per heavy atom.